The highest BCUT2D eigenvalue weighted by atomic mass is 16.5. The average Bonchev–Trinajstić information content (AvgIpc) is 2.27. The van der Waals surface area contributed by atoms with Crippen molar-refractivity contribution in [2.75, 3.05) is 5.06 Å². The van der Waals surface area contributed by atoms with Crippen molar-refractivity contribution >= 4 is 17.4 Å². The molecule has 0 fully saturated rings. The first kappa shape index (κ1) is 11.4. The van der Waals surface area contributed by atoms with Crippen molar-refractivity contribution in [3.63, 3.8) is 0 Å². The van der Waals surface area contributed by atoms with Crippen LogP contribution in [0.2, 0.25) is 0 Å². The molecule has 1 aromatic carbocycles. The van der Waals surface area contributed by atoms with Gasteiger partial charge in [0.05, 0.1) is 5.69 Å². The number of amides is 1. The molecule has 0 bridgehead atoms. The van der Waals surface area contributed by atoms with Gasteiger partial charge in [-0.15, -0.1) is 0 Å². The molecule has 80 valence electrons. The predicted octanol–water partition coefficient (Wildman–Crippen LogP) is 2.02. The average molecular weight is 207 g/mol. The van der Waals surface area contributed by atoms with Crippen molar-refractivity contribution in [2.24, 2.45) is 0 Å². The Morgan fingerprint density at radius 1 is 1.27 bits per heavy atom. The molecule has 1 N–H and O–H groups in total. The van der Waals surface area contributed by atoms with Crippen LogP contribution < -0.4 is 5.06 Å². The Bertz CT molecular complexity index is 370. The van der Waals surface area contributed by atoms with E-state index in [1.54, 1.807) is 19.1 Å². The van der Waals surface area contributed by atoms with Crippen molar-refractivity contribution in [1.29, 1.82) is 0 Å². The molecule has 15 heavy (non-hydrogen) atoms. The van der Waals surface area contributed by atoms with E-state index in [0.717, 1.165) is 0 Å². The van der Waals surface area contributed by atoms with Crippen LogP contribution >= 0.6 is 0 Å². The first-order valence-corrected chi connectivity index (χ1v) is 4.69. The molecule has 0 aromatic heterocycles. The molecule has 0 radical (unpaired) electrons. The Hall–Kier alpha value is -1.68. The third kappa shape index (κ3) is 2.63. The summed E-state index contributed by atoms with van der Waals surface area (Å²) in [6.45, 7) is 3.12. The topological polar surface area (TPSA) is 57.6 Å². The summed E-state index contributed by atoms with van der Waals surface area (Å²) in [6.07, 6.45) is 0.227. The quantitative estimate of drug-likeness (QED) is 0.468. The highest BCUT2D eigenvalue weighted by Gasteiger charge is 2.10. The van der Waals surface area contributed by atoms with E-state index in [9.17, 15) is 14.8 Å². The minimum Gasteiger partial charge on any atom is -0.295 e. The molecule has 0 spiro atoms. The smallest absolute Gasteiger partial charge is 0.250 e. The number of hydrogen-bond donors (Lipinski definition) is 1. The lowest BCUT2D eigenvalue weighted by atomic mass is 10.1. The molecule has 0 saturated carbocycles. The zero-order valence-electron chi connectivity index (χ0n) is 8.73. The summed E-state index contributed by atoms with van der Waals surface area (Å²) in [5, 5.41) is 10.0. The third-order valence-electron chi connectivity index (χ3n) is 2.06. The number of anilines is 1. The van der Waals surface area contributed by atoms with Gasteiger partial charge >= 0.3 is 0 Å². The van der Waals surface area contributed by atoms with E-state index in [1.807, 2.05) is 0 Å². The van der Waals surface area contributed by atoms with Crippen molar-refractivity contribution in [1.82, 2.24) is 0 Å². The normalized spacial score (nSPS) is 9.80. The van der Waals surface area contributed by atoms with Crippen LogP contribution in [0.1, 0.15) is 30.6 Å². The lowest BCUT2D eigenvalue weighted by molar-refractivity contribution is -0.123. The molecule has 4 heteroatoms. The Kier molecular flexibility index (Phi) is 3.57. The minimum absolute atomic E-state index is 0.0483. The maximum absolute atomic E-state index is 11.1. The second-order valence-corrected chi connectivity index (χ2v) is 3.16. The number of ketones is 1. The maximum atomic E-state index is 11.1. The lowest BCUT2D eigenvalue weighted by Crippen LogP contribution is -2.25. The molecule has 0 aliphatic heterocycles. The summed E-state index contributed by atoms with van der Waals surface area (Å²) in [6, 6.07) is 6.21. The van der Waals surface area contributed by atoms with Gasteiger partial charge in [-0.3, -0.25) is 14.8 Å². The largest absolute Gasteiger partial charge is 0.295 e. The standard InChI is InChI=1S/C11H13NO3/c1-3-11(14)12(15)10-6-4-9(5-7-10)8(2)13/h4-7,15H,3H2,1-2H3. The Balaban J connectivity index is 2.89. The third-order valence-corrected chi connectivity index (χ3v) is 2.06. The fourth-order valence-corrected chi connectivity index (χ4v) is 1.13. The number of carbonyl (C=O) groups excluding carboxylic acids is 2. The van der Waals surface area contributed by atoms with Crippen LogP contribution in [0, 0.1) is 0 Å². The summed E-state index contributed by atoms with van der Waals surface area (Å²) in [5.74, 6) is -0.432. The highest BCUT2D eigenvalue weighted by Crippen LogP contribution is 2.14. The number of carbonyl (C=O) groups is 2. The first-order valence-electron chi connectivity index (χ1n) is 4.69. The fourth-order valence-electron chi connectivity index (χ4n) is 1.13. The number of hydroxylamine groups is 1. The van der Waals surface area contributed by atoms with Gasteiger partial charge in [-0.2, -0.15) is 5.06 Å². The van der Waals surface area contributed by atoms with Gasteiger partial charge in [0.2, 0.25) is 5.91 Å². The molecule has 0 atom stereocenters. The van der Waals surface area contributed by atoms with Gasteiger partial charge in [-0.1, -0.05) is 6.92 Å². The van der Waals surface area contributed by atoms with E-state index in [0.29, 0.717) is 16.3 Å². The van der Waals surface area contributed by atoms with Crippen LogP contribution in [-0.4, -0.2) is 16.9 Å². The molecule has 0 heterocycles. The first-order chi connectivity index (χ1) is 7.06. The molecule has 0 aliphatic carbocycles. The van der Waals surface area contributed by atoms with Crippen molar-refractivity contribution < 1.29 is 14.8 Å². The van der Waals surface area contributed by atoms with Crippen molar-refractivity contribution in [2.45, 2.75) is 20.3 Å². The summed E-state index contributed by atoms with van der Waals surface area (Å²) < 4.78 is 0. The van der Waals surface area contributed by atoms with Crippen LogP contribution in [0.25, 0.3) is 0 Å². The molecule has 1 amide bonds. The summed E-state index contributed by atoms with van der Waals surface area (Å²) in [7, 11) is 0. The molecule has 0 saturated heterocycles. The molecular formula is C11H13NO3. The second-order valence-electron chi connectivity index (χ2n) is 3.16. The van der Waals surface area contributed by atoms with Crippen LogP contribution in [0.3, 0.4) is 0 Å². The SMILES string of the molecule is CCC(=O)N(O)c1ccc(C(C)=O)cc1. The van der Waals surface area contributed by atoms with E-state index >= 15 is 0 Å². The fraction of sp³-hybridized carbons (Fsp3) is 0.273. The number of nitrogens with zero attached hydrogens (tertiary/aromatic N) is 1. The molecule has 0 aliphatic rings. The van der Waals surface area contributed by atoms with E-state index in [4.69, 9.17) is 0 Å². The van der Waals surface area contributed by atoms with Gasteiger partial charge in [0.1, 0.15) is 0 Å². The van der Waals surface area contributed by atoms with Crippen LogP contribution in [0.4, 0.5) is 5.69 Å². The Morgan fingerprint density at radius 3 is 2.20 bits per heavy atom. The summed E-state index contributed by atoms with van der Waals surface area (Å²) in [4.78, 5) is 22.1. The lowest BCUT2D eigenvalue weighted by Gasteiger charge is -2.13. The maximum Gasteiger partial charge on any atom is 0.250 e. The highest BCUT2D eigenvalue weighted by molar-refractivity contribution is 5.95. The van der Waals surface area contributed by atoms with Gasteiger partial charge in [0, 0.05) is 12.0 Å². The zero-order valence-corrected chi connectivity index (χ0v) is 8.73. The van der Waals surface area contributed by atoms with E-state index in [1.165, 1.54) is 19.1 Å². The van der Waals surface area contributed by atoms with E-state index < -0.39 is 0 Å². The molecule has 4 nitrogen and oxygen atoms in total. The van der Waals surface area contributed by atoms with Crippen LogP contribution in [-0.2, 0) is 4.79 Å². The van der Waals surface area contributed by atoms with Crippen LogP contribution in [0.15, 0.2) is 24.3 Å². The number of rotatable bonds is 3. The minimum atomic E-state index is -0.384. The van der Waals surface area contributed by atoms with Gasteiger partial charge in [-0.25, -0.2) is 0 Å². The summed E-state index contributed by atoms with van der Waals surface area (Å²) >= 11 is 0. The predicted molar refractivity (Wildman–Crippen MR) is 56.0 cm³/mol. The number of Topliss-reactive ketones (excluding diaryl/α,β-unsaturated/α-hetero) is 1. The van der Waals surface area contributed by atoms with Gasteiger partial charge in [0.15, 0.2) is 5.78 Å². The Morgan fingerprint density at radius 2 is 1.80 bits per heavy atom. The van der Waals surface area contributed by atoms with Crippen LogP contribution in [0.5, 0.6) is 0 Å². The van der Waals surface area contributed by atoms with Crippen molar-refractivity contribution in [3.05, 3.63) is 29.8 Å². The number of benzene rings is 1. The molecule has 0 unspecified atom stereocenters. The van der Waals surface area contributed by atoms with Gasteiger partial charge < -0.3 is 0 Å². The summed E-state index contributed by atoms with van der Waals surface area (Å²) in [5.41, 5.74) is 0.919. The van der Waals surface area contributed by atoms with Gasteiger partial charge in [-0.05, 0) is 31.2 Å². The Labute approximate surface area is 88.1 Å². The van der Waals surface area contributed by atoms with E-state index in [2.05, 4.69) is 0 Å². The monoisotopic (exact) mass is 207 g/mol. The molecule has 1 rings (SSSR count). The zero-order chi connectivity index (χ0) is 11.4. The number of hydrogen-bond acceptors (Lipinski definition) is 3. The van der Waals surface area contributed by atoms with Gasteiger partial charge in [0.25, 0.3) is 0 Å². The van der Waals surface area contributed by atoms with E-state index in [-0.39, 0.29) is 18.1 Å². The molecule has 1 aromatic rings. The van der Waals surface area contributed by atoms with Crippen molar-refractivity contribution in [3.8, 4) is 0 Å². The molecular weight excluding hydrogens is 194 g/mol. The second kappa shape index (κ2) is 4.70.